The maximum atomic E-state index is 13.6. The molecule has 0 fully saturated rings. The standard InChI is InChI=1S/C11H15BrFNO/c1-6(2)11(15)10(14)7-4-3-5-8(12)9(7)13/h3-6,10-11,15H,14H2,1-2H3/t10-,11+/m1/s1. The SMILES string of the molecule is CC(C)[C@H](O)[C@H](N)c1cccc(Br)c1F. The largest absolute Gasteiger partial charge is 0.391 e. The zero-order chi connectivity index (χ0) is 11.6. The van der Waals surface area contributed by atoms with E-state index in [0.717, 1.165) is 0 Å². The molecule has 15 heavy (non-hydrogen) atoms. The van der Waals surface area contributed by atoms with Crippen LogP contribution >= 0.6 is 15.9 Å². The Kier molecular flexibility index (Phi) is 4.25. The molecular weight excluding hydrogens is 261 g/mol. The molecule has 0 aliphatic carbocycles. The first-order chi connectivity index (χ1) is 6.95. The molecule has 1 aromatic carbocycles. The molecule has 4 heteroatoms. The molecule has 2 nitrogen and oxygen atoms in total. The Morgan fingerprint density at radius 2 is 2.00 bits per heavy atom. The van der Waals surface area contributed by atoms with Crippen molar-refractivity contribution < 1.29 is 9.50 Å². The van der Waals surface area contributed by atoms with Gasteiger partial charge in [0.2, 0.25) is 0 Å². The fourth-order valence-electron chi connectivity index (χ4n) is 1.38. The Bertz CT molecular complexity index is 343. The first-order valence-electron chi connectivity index (χ1n) is 4.82. The van der Waals surface area contributed by atoms with E-state index in [1.165, 1.54) is 0 Å². The van der Waals surface area contributed by atoms with E-state index in [9.17, 15) is 9.50 Å². The van der Waals surface area contributed by atoms with Gasteiger partial charge in [-0.2, -0.15) is 0 Å². The topological polar surface area (TPSA) is 46.2 Å². The second kappa shape index (κ2) is 5.05. The van der Waals surface area contributed by atoms with Crippen LogP contribution in [0.5, 0.6) is 0 Å². The Morgan fingerprint density at radius 1 is 1.40 bits per heavy atom. The Labute approximate surface area is 97.4 Å². The summed E-state index contributed by atoms with van der Waals surface area (Å²) in [6, 6.07) is 4.21. The molecule has 0 aliphatic rings. The number of benzene rings is 1. The molecule has 0 amide bonds. The molecule has 0 bridgehead atoms. The number of hydrogen-bond acceptors (Lipinski definition) is 2. The minimum absolute atomic E-state index is 0.00150. The number of nitrogens with two attached hydrogens (primary N) is 1. The van der Waals surface area contributed by atoms with Gasteiger partial charge in [0.25, 0.3) is 0 Å². The number of aliphatic hydroxyl groups is 1. The van der Waals surface area contributed by atoms with Gasteiger partial charge in [0.15, 0.2) is 0 Å². The van der Waals surface area contributed by atoms with E-state index in [1.807, 2.05) is 13.8 Å². The Hall–Kier alpha value is -0.450. The summed E-state index contributed by atoms with van der Waals surface area (Å²) < 4.78 is 14.0. The third-order valence-electron chi connectivity index (χ3n) is 2.39. The molecule has 0 radical (unpaired) electrons. The van der Waals surface area contributed by atoms with Crippen LogP contribution in [0.15, 0.2) is 22.7 Å². The van der Waals surface area contributed by atoms with E-state index >= 15 is 0 Å². The first-order valence-corrected chi connectivity index (χ1v) is 5.62. The molecule has 1 rings (SSSR count). The molecular formula is C11H15BrFNO. The molecule has 3 N–H and O–H groups in total. The summed E-state index contributed by atoms with van der Waals surface area (Å²) in [5.74, 6) is -0.400. The third-order valence-corrected chi connectivity index (χ3v) is 3.00. The predicted molar refractivity (Wildman–Crippen MR) is 61.9 cm³/mol. The zero-order valence-corrected chi connectivity index (χ0v) is 10.3. The van der Waals surface area contributed by atoms with Crippen molar-refractivity contribution in [2.45, 2.75) is 26.0 Å². The number of rotatable bonds is 3. The number of halogens is 2. The van der Waals surface area contributed by atoms with E-state index in [4.69, 9.17) is 5.73 Å². The molecule has 0 heterocycles. The molecule has 1 aromatic rings. The van der Waals surface area contributed by atoms with Crippen LogP contribution in [0.2, 0.25) is 0 Å². The molecule has 0 saturated carbocycles. The van der Waals surface area contributed by atoms with Gasteiger partial charge >= 0.3 is 0 Å². The highest BCUT2D eigenvalue weighted by Gasteiger charge is 2.23. The van der Waals surface area contributed by atoms with Gasteiger partial charge in [-0.3, -0.25) is 0 Å². The van der Waals surface area contributed by atoms with Crippen LogP contribution in [0.1, 0.15) is 25.5 Å². The summed E-state index contributed by atoms with van der Waals surface area (Å²) >= 11 is 3.09. The second-order valence-corrected chi connectivity index (χ2v) is 4.76. The van der Waals surface area contributed by atoms with Gasteiger partial charge in [0.05, 0.1) is 16.6 Å². The van der Waals surface area contributed by atoms with Crippen LogP contribution in [-0.4, -0.2) is 11.2 Å². The Morgan fingerprint density at radius 3 is 2.53 bits per heavy atom. The van der Waals surface area contributed by atoms with Gasteiger partial charge in [-0.05, 0) is 27.9 Å². The fraction of sp³-hybridized carbons (Fsp3) is 0.455. The van der Waals surface area contributed by atoms with Gasteiger partial charge in [-0.1, -0.05) is 26.0 Å². The van der Waals surface area contributed by atoms with Gasteiger partial charge in [-0.25, -0.2) is 4.39 Å². The average Bonchev–Trinajstić information content (AvgIpc) is 2.20. The van der Waals surface area contributed by atoms with Crippen LogP contribution in [0, 0.1) is 11.7 Å². The van der Waals surface area contributed by atoms with E-state index in [-0.39, 0.29) is 5.92 Å². The summed E-state index contributed by atoms with van der Waals surface area (Å²) in [6.07, 6.45) is -0.742. The molecule has 0 unspecified atom stereocenters. The lowest BCUT2D eigenvalue weighted by Gasteiger charge is -2.23. The number of hydrogen-bond donors (Lipinski definition) is 2. The quantitative estimate of drug-likeness (QED) is 0.891. The summed E-state index contributed by atoms with van der Waals surface area (Å²) in [5, 5.41) is 9.76. The molecule has 0 saturated heterocycles. The lowest BCUT2D eigenvalue weighted by molar-refractivity contribution is 0.0966. The van der Waals surface area contributed by atoms with Gasteiger partial charge in [-0.15, -0.1) is 0 Å². The summed E-state index contributed by atoms with van der Waals surface area (Å²) in [6.45, 7) is 3.70. The maximum absolute atomic E-state index is 13.6. The summed E-state index contributed by atoms with van der Waals surface area (Å²) in [4.78, 5) is 0. The van der Waals surface area contributed by atoms with Crippen molar-refractivity contribution >= 4 is 15.9 Å². The minimum Gasteiger partial charge on any atom is -0.391 e. The first kappa shape index (κ1) is 12.6. The smallest absolute Gasteiger partial charge is 0.142 e. The van der Waals surface area contributed by atoms with Gasteiger partial charge < -0.3 is 10.8 Å². The van der Waals surface area contributed by atoms with Crippen LogP contribution in [0.3, 0.4) is 0 Å². The zero-order valence-electron chi connectivity index (χ0n) is 8.74. The second-order valence-electron chi connectivity index (χ2n) is 3.90. The third kappa shape index (κ3) is 2.77. The van der Waals surface area contributed by atoms with Gasteiger partial charge in [0, 0.05) is 5.56 Å². The molecule has 84 valence electrons. The predicted octanol–water partition coefficient (Wildman–Crippen LogP) is 2.60. The highest BCUT2D eigenvalue weighted by atomic mass is 79.9. The highest BCUT2D eigenvalue weighted by Crippen LogP contribution is 2.26. The van der Waals surface area contributed by atoms with E-state index in [2.05, 4.69) is 15.9 Å². The molecule has 2 atom stereocenters. The fourth-order valence-corrected chi connectivity index (χ4v) is 1.76. The monoisotopic (exact) mass is 275 g/mol. The van der Waals surface area contributed by atoms with Crippen molar-refractivity contribution in [2.24, 2.45) is 11.7 Å². The van der Waals surface area contributed by atoms with Crippen LogP contribution < -0.4 is 5.73 Å². The van der Waals surface area contributed by atoms with E-state index in [0.29, 0.717) is 10.0 Å². The average molecular weight is 276 g/mol. The normalized spacial score (nSPS) is 15.4. The molecule has 0 spiro atoms. The van der Waals surface area contributed by atoms with Crippen LogP contribution in [0.25, 0.3) is 0 Å². The molecule has 0 aliphatic heterocycles. The van der Waals surface area contributed by atoms with Crippen molar-refractivity contribution in [1.29, 1.82) is 0 Å². The highest BCUT2D eigenvalue weighted by molar-refractivity contribution is 9.10. The van der Waals surface area contributed by atoms with Crippen molar-refractivity contribution in [3.63, 3.8) is 0 Å². The van der Waals surface area contributed by atoms with E-state index < -0.39 is 18.0 Å². The number of aliphatic hydroxyl groups excluding tert-OH is 1. The summed E-state index contributed by atoms with van der Waals surface area (Å²) in [7, 11) is 0. The van der Waals surface area contributed by atoms with Crippen molar-refractivity contribution in [1.82, 2.24) is 0 Å². The lowest BCUT2D eigenvalue weighted by Crippen LogP contribution is -2.31. The van der Waals surface area contributed by atoms with E-state index in [1.54, 1.807) is 18.2 Å². The van der Waals surface area contributed by atoms with Gasteiger partial charge in [0.1, 0.15) is 5.82 Å². The lowest BCUT2D eigenvalue weighted by atomic mass is 9.94. The van der Waals surface area contributed by atoms with Crippen molar-refractivity contribution in [3.05, 3.63) is 34.1 Å². The van der Waals surface area contributed by atoms with Crippen LogP contribution in [-0.2, 0) is 0 Å². The minimum atomic E-state index is -0.742. The summed E-state index contributed by atoms with van der Waals surface area (Å²) in [5.41, 5.74) is 6.14. The molecule has 0 aromatic heterocycles. The Balaban J connectivity index is 3.01. The van der Waals surface area contributed by atoms with Crippen molar-refractivity contribution in [2.75, 3.05) is 0 Å². The maximum Gasteiger partial charge on any atom is 0.142 e. The van der Waals surface area contributed by atoms with Crippen molar-refractivity contribution in [3.8, 4) is 0 Å². The van der Waals surface area contributed by atoms with Crippen LogP contribution in [0.4, 0.5) is 4.39 Å².